The van der Waals surface area contributed by atoms with Gasteiger partial charge in [-0.25, -0.2) is 0 Å². The van der Waals surface area contributed by atoms with Crippen molar-refractivity contribution >= 4 is 41.2 Å². The van der Waals surface area contributed by atoms with Crippen LogP contribution in [0.4, 0.5) is 0 Å². The van der Waals surface area contributed by atoms with Crippen molar-refractivity contribution in [3.05, 3.63) is 46.7 Å². The van der Waals surface area contributed by atoms with Crippen molar-refractivity contribution in [2.75, 3.05) is 25.4 Å². The third-order valence-corrected chi connectivity index (χ3v) is 14.7. The maximum atomic E-state index is 13.2. The SMILES string of the molecule is Cc1onc(-c2ccc(OCCC(=O)NCCCCC(=O)OC3CCC4C5CCC6=C(CCC(=O)C6)C5CCC34C)cc2)c1C(=O)NC1C(=O)N2CCSC12. The molecule has 2 N–H and O–H groups in total. The van der Waals surface area contributed by atoms with E-state index in [1.54, 1.807) is 53.4 Å². The van der Waals surface area contributed by atoms with Crippen molar-refractivity contribution in [3.63, 3.8) is 0 Å². The van der Waals surface area contributed by atoms with E-state index in [2.05, 4.69) is 22.7 Å². The Morgan fingerprint density at radius 2 is 1.87 bits per heavy atom. The van der Waals surface area contributed by atoms with Crippen molar-refractivity contribution < 1.29 is 38.0 Å². The minimum absolute atomic E-state index is 0.0181. The van der Waals surface area contributed by atoms with Crippen LogP contribution in [0.1, 0.15) is 107 Å². The smallest absolute Gasteiger partial charge is 0.306 e. The van der Waals surface area contributed by atoms with Gasteiger partial charge in [0, 0.05) is 49.1 Å². The Kier molecular flexibility index (Phi) is 10.8. The van der Waals surface area contributed by atoms with Crippen LogP contribution < -0.4 is 15.4 Å². The molecule has 0 radical (unpaired) electrons. The first-order valence-corrected chi connectivity index (χ1v) is 21.3. The highest BCUT2D eigenvalue weighted by atomic mass is 32.2. The molecule has 7 unspecified atom stereocenters. The summed E-state index contributed by atoms with van der Waals surface area (Å²) in [6, 6.07) is 6.51. The first-order chi connectivity index (χ1) is 26.6. The number of carbonyl (C=O) groups is 5. The van der Waals surface area contributed by atoms with Gasteiger partial charge in [-0.05, 0) is 107 Å². The Morgan fingerprint density at radius 3 is 2.71 bits per heavy atom. The number of benzene rings is 1. The number of rotatable bonds is 13. The zero-order valence-corrected chi connectivity index (χ0v) is 32.7. The van der Waals surface area contributed by atoms with Gasteiger partial charge in [-0.3, -0.25) is 24.0 Å². The highest BCUT2D eigenvalue weighted by Crippen LogP contribution is 2.61. The fraction of sp³-hybridized carbons (Fsp3) is 0.619. The fourth-order valence-electron chi connectivity index (χ4n) is 10.5. The number of unbranched alkanes of at least 4 members (excludes halogenated alkanes) is 1. The molecule has 13 heteroatoms. The molecular weight excluding hydrogens is 721 g/mol. The first-order valence-electron chi connectivity index (χ1n) is 20.2. The molecule has 4 aliphatic carbocycles. The van der Waals surface area contributed by atoms with Crippen molar-refractivity contribution in [3.8, 4) is 17.0 Å². The summed E-state index contributed by atoms with van der Waals surface area (Å²) in [5.41, 5.74) is 4.43. The van der Waals surface area contributed by atoms with Crippen LogP contribution >= 0.6 is 11.8 Å². The number of allylic oxidation sites excluding steroid dienone is 2. The van der Waals surface area contributed by atoms with Gasteiger partial charge in [0.1, 0.15) is 46.1 Å². The number of esters is 1. The van der Waals surface area contributed by atoms with Gasteiger partial charge in [0.25, 0.3) is 5.91 Å². The van der Waals surface area contributed by atoms with E-state index in [9.17, 15) is 24.0 Å². The molecular formula is C42H52N4O8S. The molecule has 1 aromatic carbocycles. The number of hydrogen-bond acceptors (Lipinski definition) is 10. The second-order valence-electron chi connectivity index (χ2n) is 16.5. The van der Waals surface area contributed by atoms with Crippen molar-refractivity contribution in [1.29, 1.82) is 0 Å². The van der Waals surface area contributed by atoms with E-state index >= 15 is 0 Å². The molecule has 2 aliphatic heterocycles. The second kappa shape index (κ2) is 15.8. The number of β-lactam (4-membered cyclic amide) rings is 1. The number of fused-ring (bicyclic) bond motifs is 5. The predicted molar refractivity (Wildman–Crippen MR) is 205 cm³/mol. The van der Waals surface area contributed by atoms with E-state index in [0.717, 1.165) is 44.3 Å². The molecule has 6 aliphatic rings. The van der Waals surface area contributed by atoms with Crippen LogP contribution in [0, 0.1) is 30.1 Å². The molecule has 2 aromatic rings. The first kappa shape index (κ1) is 37.8. The summed E-state index contributed by atoms with van der Waals surface area (Å²) >= 11 is 1.67. The Labute approximate surface area is 326 Å². The maximum Gasteiger partial charge on any atom is 0.306 e. The predicted octanol–water partition coefficient (Wildman–Crippen LogP) is 5.92. The van der Waals surface area contributed by atoms with Crippen LogP contribution in [-0.4, -0.2) is 82.5 Å². The minimum Gasteiger partial charge on any atom is -0.493 e. The van der Waals surface area contributed by atoms with Crippen LogP contribution in [0.2, 0.25) is 0 Å². The number of aromatic nitrogens is 1. The lowest BCUT2D eigenvalue weighted by Crippen LogP contribution is -2.67. The van der Waals surface area contributed by atoms with Crippen molar-refractivity contribution in [1.82, 2.24) is 20.7 Å². The maximum absolute atomic E-state index is 13.2. The molecule has 294 valence electrons. The monoisotopic (exact) mass is 772 g/mol. The average Bonchev–Trinajstić information content (AvgIpc) is 3.89. The molecule has 1 aromatic heterocycles. The van der Waals surface area contributed by atoms with Gasteiger partial charge in [-0.1, -0.05) is 23.2 Å². The molecule has 2 saturated heterocycles. The molecule has 3 amide bonds. The number of nitrogens with zero attached hydrogens (tertiary/aromatic N) is 2. The summed E-state index contributed by atoms with van der Waals surface area (Å²) in [5.74, 6) is 3.35. The number of ether oxygens (including phenoxy) is 2. The number of Topliss-reactive ketones (excluding diaryl/α,β-unsaturated/α-hetero) is 1. The molecule has 4 fully saturated rings. The molecule has 3 heterocycles. The van der Waals surface area contributed by atoms with Crippen LogP contribution in [0.15, 0.2) is 39.9 Å². The lowest BCUT2D eigenvalue weighted by Gasteiger charge is -2.51. The topological polar surface area (TPSA) is 157 Å². The minimum atomic E-state index is -0.542. The lowest BCUT2D eigenvalue weighted by atomic mass is 9.54. The number of thioether (sulfide) groups is 1. The largest absolute Gasteiger partial charge is 0.493 e. The second-order valence-corrected chi connectivity index (χ2v) is 17.7. The lowest BCUT2D eigenvalue weighted by molar-refractivity contribution is -0.158. The normalized spacial score (nSPS) is 29.5. The van der Waals surface area contributed by atoms with E-state index < -0.39 is 11.9 Å². The third-order valence-electron chi connectivity index (χ3n) is 13.4. The average molecular weight is 773 g/mol. The van der Waals surface area contributed by atoms with Gasteiger partial charge < -0.3 is 29.5 Å². The zero-order valence-electron chi connectivity index (χ0n) is 31.9. The summed E-state index contributed by atoms with van der Waals surface area (Å²) in [7, 11) is 0. The summed E-state index contributed by atoms with van der Waals surface area (Å²) < 4.78 is 17.3. The third kappa shape index (κ3) is 7.45. The van der Waals surface area contributed by atoms with Crippen molar-refractivity contribution in [2.45, 2.75) is 115 Å². The summed E-state index contributed by atoms with van der Waals surface area (Å²) in [6.07, 6.45) is 10.7. The highest BCUT2D eigenvalue weighted by Gasteiger charge is 2.56. The van der Waals surface area contributed by atoms with Gasteiger partial charge in [0.15, 0.2) is 0 Å². The summed E-state index contributed by atoms with van der Waals surface area (Å²) in [4.78, 5) is 64.8. The number of amides is 3. The van der Waals surface area contributed by atoms with Crippen molar-refractivity contribution in [2.24, 2.45) is 23.2 Å². The Bertz CT molecular complexity index is 1870. The van der Waals surface area contributed by atoms with Crippen LogP contribution in [0.25, 0.3) is 11.3 Å². The molecule has 7 atom stereocenters. The molecule has 2 saturated carbocycles. The van der Waals surface area contributed by atoms with Gasteiger partial charge in [-0.15, -0.1) is 11.8 Å². The Morgan fingerprint density at radius 1 is 1.04 bits per heavy atom. The number of nitrogens with one attached hydrogen (secondary N) is 2. The van der Waals surface area contributed by atoms with E-state index in [-0.39, 0.29) is 47.7 Å². The molecule has 8 rings (SSSR count). The van der Waals surface area contributed by atoms with Gasteiger partial charge >= 0.3 is 5.97 Å². The van der Waals surface area contributed by atoms with Crippen LogP contribution in [0.5, 0.6) is 5.75 Å². The van der Waals surface area contributed by atoms with E-state index in [1.807, 2.05) is 0 Å². The van der Waals surface area contributed by atoms with Gasteiger partial charge in [0.2, 0.25) is 11.8 Å². The van der Waals surface area contributed by atoms with Crippen LogP contribution in [0.3, 0.4) is 0 Å². The van der Waals surface area contributed by atoms with E-state index in [1.165, 1.54) is 12.0 Å². The Hall–Kier alpha value is -4.13. The molecule has 12 nitrogen and oxygen atoms in total. The summed E-state index contributed by atoms with van der Waals surface area (Å²) in [6.45, 7) is 5.41. The quantitative estimate of drug-likeness (QED) is 0.109. The van der Waals surface area contributed by atoms with E-state index in [0.29, 0.717) is 97.1 Å². The van der Waals surface area contributed by atoms with Crippen LogP contribution in [-0.2, 0) is 23.9 Å². The molecule has 0 spiro atoms. The Balaban J connectivity index is 0.720. The summed E-state index contributed by atoms with van der Waals surface area (Å²) in [5, 5.41) is 9.87. The molecule has 0 bridgehead atoms. The fourth-order valence-corrected chi connectivity index (χ4v) is 11.8. The zero-order chi connectivity index (χ0) is 38.3. The number of hydrogen-bond donors (Lipinski definition) is 2. The van der Waals surface area contributed by atoms with E-state index in [4.69, 9.17) is 14.0 Å². The number of aryl methyl sites for hydroxylation is 1. The van der Waals surface area contributed by atoms with Gasteiger partial charge in [-0.2, -0.15) is 0 Å². The number of carbonyl (C=O) groups excluding carboxylic acids is 5. The standard InChI is InChI=1S/C42H52N4O8S/c1-24-36(39(50)44-38-40(51)46-20-22-55-41(38)46)37(45-54-24)25-6-10-28(11-7-25)52-21-17-34(48)43-19-4-3-5-35(49)53-33-15-14-32-31-12-8-26-23-27(47)9-13-29(26)30(31)16-18-42(32,33)2/h6-7,10-11,30-33,38,41H,3-5,8-9,12-23H2,1-2H3,(H,43,48)(H,44,50). The highest BCUT2D eigenvalue weighted by molar-refractivity contribution is 8.00. The number of ketones is 1. The molecule has 55 heavy (non-hydrogen) atoms. The van der Waals surface area contributed by atoms with Gasteiger partial charge in [0.05, 0.1) is 13.0 Å².